The SMILES string of the molecule is CC(C)(C)[n+]1cc([O-])c2ccccc2c1. The second kappa shape index (κ2) is 3.23. The average Bonchev–Trinajstić information content (AvgIpc) is 2.16. The minimum absolute atomic E-state index is 0.0524. The molecule has 0 saturated heterocycles. The normalized spacial score (nSPS) is 11.9. The molecule has 2 aromatic rings. The summed E-state index contributed by atoms with van der Waals surface area (Å²) in [5, 5.41) is 13.6. The molecule has 1 aromatic heterocycles. The van der Waals surface area contributed by atoms with Crippen molar-refractivity contribution in [1.29, 1.82) is 0 Å². The molecule has 2 rings (SSSR count). The highest BCUT2D eigenvalue weighted by atomic mass is 16.3. The van der Waals surface area contributed by atoms with Gasteiger partial charge in [0.1, 0.15) is 0 Å². The molecule has 0 radical (unpaired) electrons. The standard InChI is InChI=1S/C13H15NO/c1-13(2,3)14-8-10-6-4-5-7-11(10)12(15)9-14/h4-9H,1-3H3. The highest BCUT2D eigenvalue weighted by Gasteiger charge is 2.21. The van der Waals surface area contributed by atoms with Gasteiger partial charge in [0.05, 0.1) is 0 Å². The van der Waals surface area contributed by atoms with Gasteiger partial charge in [-0.25, -0.2) is 4.57 Å². The minimum Gasteiger partial charge on any atom is -0.868 e. The van der Waals surface area contributed by atoms with Crippen molar-refractivity contribution < 1.29 is 9.67 Å². The second-order valence-corrected chi connectivity index (χ2v) is 4.79. The van der Waals surface area contributed by atoms with E-state index < -0.39 is 0 Å². The fourth-order valence-electron chi connectivity index (χ4n) is 1.60. The Kier molecular flexibility index (Phi) is 2.14. The number of hydrogen-bond acceptors (Lipinski definition) is 1. The van der Waals surface area contributed by atoms with E-state index in [9.17, 15) is 5.11 Å². The van der Waals surface area contributed by atoms with Crippen molar-refractivity contribution >= 4 is 10.8 Å². The lowest BCUT2D eigenvalue weighted by Gasteiger charge is -2.17. The molecule has 0 bridgehead atoms. The Morgan fingerprint density at radius 2 is 1.73 bits per heavy atom. The van der Waals surface area contributed by atoms with Gasteiger partial charge in [-0.05, 0) is 17.2 Å². The first kappa shape index (κ1) is 9.97. The first-order valence-electron chi connectivity index (χ1n) is 5.10. The lowest BCUT2D eigenvalue weighted by molar-refractivity contribution is -0.754. The molecule has 0 N–H and O–H groups in total. The number of pyridine rings is 1. The summed E-state index contributed by atoms with van der Waals surface area (Å²) in [4.78, 5) is 0. The topological polar surface area (TPSA) is 26.9 Å². The number of hydrogen-bond donors (Lipinski definition) is 0. The van der Waals surface area contributed by atoms with Crippen molar-refractivity contribution in [3.8, 4) is 5.75 Å². The van der Waals surface area contributed by atoms with Crippen LogP contribution in [-0.4, -0.2) is 0 Å². The Labute approximate surface area is 89.8 Å². The van der Waals surface area contributed by atoms with Crippen LogP contribution in [0.25, 0.3) is 10.8 Å². The predicted octanol–water partition coefficient (Wildman–Crippen LogP) is 1.96. The van der Waals surface area contributed by atoms with Crippen LogP contribution in [-0.2, 0) is 5.54 Å². The summed E-state index contributed by atoms with van der Waals surface area (Å²) in [7, 11) is 0. The van der Waals surface area contributed by atoms with Crippen LogP contribution in [0.5, 0.6) is 5.75 Å². The van der Waals surface area contributed by atoms with Gasteiger partial charge in [0.2, 0.25) is 0 Å². The highest BCUT2D eigenvalue weighted by Crippen LogP contribution is 2.20. The summed E-state index contributed by atoms with van der Waals surface area (Å²) >= 11 is 0. The van der Waals surface area contributed by atoms with E-state index in [-0.39, 0.29) is 11.3 Å². The van der Waals surface area contributed by atoms with E-state index in [1.807, 2.05) is 35.0 Å². The quantitative estimate of drug-likeness (QED) is 0.598. The first-order valence-corrected chi connectivity index (χ1v) is 5.10. The molecule has 0 spiro atoms. The molecule has 0 aliphatic rings. The highest BCUT2D eigenvalue weighted by molar-refractivity contribution is 5.85. The van der Waals surface area contributed by atoms with Crippen molar-refractivity contribution in [3.05, 3.63) is 36.7 Å². The summed E-state index contributed by atoms with van der Waals surface area (Å²) in [5.74, 6) is 0.0861. The molecule has 0 unspecified atom stereocenters. The summed E-state index contributed by atoms with van der Waals surface area (Å²) in [5.41, 5.74) is -0.0524. The van der Waals surface area contributed by atoms with E-state index in [2.05, 4.69) is 20.8 Å². The molecule has 0 atom stereocenters. The molecule has 1 aromatic carbocycles. The fourth-order valence-corrected chi connectivity index (χ4v) is 1.60. The van der Waals surface area contributed by atoms with Crippen LogP contribution in [0.15, 0.2) is 36.7 Å². The molecule has 78 valence electrons. The largest absolute Gasteiger partial charge is 0.868 e. The molecule has 2 nitrogen and oxygen atoms in total. The lowest BCUT2D eigenvalue weighted by atomic mass is 10.1. The van der Waals surface area contributed by atoms with Gasteiger partial charge in [-0.3, -0.25) is 0 Å². The average molecular weight is 201 g/mol. The lowest BCUT2D eigenvalue weighted by Crippen LogP contribution is -2.49. The van der Waals surface area contributed by atoms with Crippen LogP contribution in [0.2, 0.25) is 0 Å². The third-order valence-electron chi connectivity index (χ3n) is 2.54. The van der Waals surface area contributed by atoms with Crippen LogP contribution in [0.1, 0.15) is 20.8 Å². The number of fused-ring (bicyclic) bond motifs is 1. The molecule has 0 fully saturated rings. The zero-order valence-corrected chi connectivity index (χ0v) is 9.32. The maximum atomic E-state index is 11.8. The van der Waals surface area contributed by atoms with Crippen LogP contribution in [0.4, 0.5) is 0 Å². The zero-order chi connectivity index (χ0) is 11.1. The van der Waals surface area contributed by atoms with Gasteiger partial charge in [-0.1, -0.05) is 18.2 Å². The van der Waals surface area contributed by atoms with Gasteiger partial charge in [-0.15, -0.1) is 0 Å². The van der Waals surface area contributed by atoms with E-state index in [0.717, 1.165) is 10.8 Å². The van der Waals surface area contributed by atoms with E-state index in [1.54, 1.807) is 6.20 Å². The molecule has 1 heterocycles. The van der Waals surface area contributed by atoms with E-state index in [4.69, 9.17) is 0 Å². The molecule has 0 amide bonds. The minimum atomic E-state index is -0.0524. The Hall–Kier alpha value is -1.57. The molecule has 15 heavy (non-hydrogen) atoms. The van der Waals surface area contributed by atoms with Crippen molar-refractivity contribution in [2.75, 3.05) is 0 Å². The van der Waals surface area contributed by atoms with Crippen molar-refractivity contribution in [2.24, 2.45) is 0 Å². The molecular formula is C13H15NO. The number of rotatable bonds is 0. The molecular weight excluding hydrogens is 186 g/mol. The maximum absolute atomic E-state index is 11.8. The van der Waals surface area contributed by atoms with Gasteiger partial charge in [-0.2, -0.15) is 0 Å². The van der Waals surface area contributed by atoms with Crippen LogP contribution < -0.4 is 9.67 Å². The van der Waals surface area contributed by atoms with E-state index >= 15 is 0 Å². The van der Waals surface area contributed by atoms with Gasteiger partial charge in [0, 0.05) is 26.2 Å². The van der Waals surface area contributed by atoms with E-state index in [0.29, 0.717) is 0 Å². The molecule has 2 heteroatoms. The Morgan fingerprint density at radius 3 is 2.40 bits per heavy atom. The van der Waals surface area contributed by atoms with Crippen molar-refractivity contribution in [3.63, 3.8) is 0 Å². The summed E-state index contributed by atoms with van der Waals surface area (Å²) in [6, 6.07) is 7.68. The number of nitrogens with zero attached hydrogens (tertiary/aromatic N) is 1. The Bertz CT molecular complexity index is 497. The summed E-state index contributed by atoms with van der Waals surface area (Å²) in [6.07, 6.45) is 3.69. The molecule has 0 saturated carbocycles. The van der Waals surface area contributed by atoms with Gasteiger partial charge >= 0.3 is 0 Å². The Balaban J connectivity index is 2.73. The number of benzene rings is 1. The fraction of sp³-hybridized carbons (Fsp3) is 0.308. The number of aromatic nitrogens is 1. The van der Waals surface area contributed by atoms with E-state index in [1.165, 1.54) is 0 Å². The summed E-state index contributed by atoms with van der Waals surface area (Å²) in [6.45, 7) is 6.25. The van der Waals surface area contributed by atoms with Crippen molar-refractivity contribution in [1.82, 2.24) is 0 Å². The first-order chi connectivity index (χ1) is 6.98. The molecule has 0 aliphatic heterocycles. The van der Waals surface area contributed by atoms with Crippen LogP contribution in [0.3, 0.4) is 0 Å². The third kappa shape index (κ3) is 1.80. The third-order valence-corrected chi connectivity index (χ3v) is 2.54. The maximum Gasteiger partial charge on any atom is 0.177 e. The zero-order valence-electron chi connectivity index (χ0n) is 9.32. The molecule has 0 aliphatic carbocycles. The second-order valence-electron chi connectivity index (χ2n) is 4.79. The van der Waals surface area contributed by atoms with Crippen LogP contribution in [0, 0.1) is 0 Å². The summed E-state index contributed by atoms with van der Waals surface area (Å²) < 4.78 is 1.97. The van der Waals surface area contributed by atoms with Gasteiger partial charge in [0.25, 0.3) is 0 Å². The monoisotopic (exact) mass is 201 g/mol. The predicted molar refractivity (Wildman–Crippen MR) is 58.6 cm³/mol. The van der Waals surface area contributed by atoms with Gasteiger partial charge in [0.15, 0.2) is 17.9 Å². The van der Waals surface area contributed by atoms with Crippen LogP contribution >= 0.6 is 0 Å². The van der Waals surface area contributed by atoms with Gasteiger partial charge < -0.3 is 5.11 Å². The Morgan fingerprint density at radius 1 is 1.07 bits per heavy atom. The smallest absolute Gasteiger partial charge is 0.177 e. The van der Waals surface area contributed by atoms with Crippen molar-refractivity contribution in [2.45, 2.75) is 26.3 Å².